The molecular weight excluding hydrogens is 446 g/mol. The Morgan fingerprint density at radius 1 is 0.611 bits per heavy atom. The van der Waals surface area contributed by atoms with E-state index in [9.17, 15) is 4.79 Å². The molecule has 5 aromatic carbocycles. The van der Waals surface area contributed by atoms with Gasteiger partial charge < -0.3 is 13.7 Å². The molecule has 172 valence electrons. The molecule has 0 unspecified atom stereocenters. The summed E-state index contributed by atoms with van der Waals surface area (Å²) in [5.41, 5.74) is 5.72. The average Bonchev–Trinajstić information content (AvgIpc) is 3.27. The van der Waals surface area contributed by atoms with Gasteiger partial charge >= 0.3 is 5.63 Å². The minimum Gasteiger partial charge on any atom is -0.497 e. The molecule has 4 nitrogen and oxygen atoms in total. The van der Waals surface area contributed by atoms with Crippen LogP contribution in [0.15, 0.2) is 118 Å². The molecule has 0 atom stereocenters. The molecule has 0 bridgehead atoms. The fourth-order valence-electron chi connectivity index (χ4n) is 5.23. The Labute approximate surface area is 206 Å². The highest BCUT2D eigenvalue weighted by atomic mass is 16.5. The topological polar surface area (TPSA) is 44.4 Å². The summed E-state index contributed by atoms with van der Waals surface area (Å²) in [6.45, 7) is 0. The van der Waals surface area contributed by atoms with Crippen molar-refractivity contribution in [1.82, 2.24) is 4.57 Å². The molecule has 0 saturated carbocycles. The maximum absolute atomic E-state index is 12.7. The number of methoxy groups -OCH3 is 1. The van der Waals surface area contributed by atoms with Crippen LogP contribution in [0.4, 0.5) is 0 Å². The zero-order chi connectivity index (χ0) is 24.2. The summed E-state index contributed by atoms with van der Waals surface area (Å²) in [5, 5.41) is 4.65. The molecule has 0 N–H and O–H groups in total. The lowest BCUT2D eigenvalue weighted by molar-refractivity contribution is 0.415. The number of rotatable bonds is 3. The van der Waals surface area contributed by atoms with E-state index in [-0.39, 0.29) is 5.63 Å². The molecule has 0 aliphatic heterocycles. The lowest BCUT2D eigenvalue weighted by atomic mass is 10.00. The lowest BCUT2D eigenvalue weighted by Gasteiger charge is -2.09. The van der Waals surface area contributed by atoms with Crippen molar-refractivity contribution in [1.29, 1.82) is 0 Å². The summed E-state index contributed by atoms with van der Waals surface area (Å²) in [5.74, 6) is 0.633. The van der Waals surface area contributed by atoms with Gasteiger partial charge in [-0.05, 0) is 71.8 Å². The smallest absolute Gasteiger partial charge is 0.344 e. The Kier molecular flexibility index (Phi) is 4.48. The van der Waals surface area contributed by atoms with Crippen LogP contribution in [-0.4, -0.2) is 11.7 Å². The second-order valence-corrected chi connectivity index (χ2v) is 8.93. The van der Waals surface area contributed by atoms with E-state index in [0.29, 0.717) is 16.7 Å². The molecule has 0 saturated heterocycles. The Hall–Kier alpha value is -4.83. The summed E-state index contributed by atoms with van der Waals surface area (Å²) >= 11 is 0. The molecule has 0 fully saturated rings. The van der Waals surface area contributed by atoms with Gasteiger partial charge in [0.05, 0.1) is 23.5 Å². The second-order valence-electron chi connectivity index (χ2n) is 8.93. The fraction of sp³-hybridized carbons (Fsp3) is 0.0312. The van der Waals surface area contributed by atoms with Crippen LogP contribution < -0.4 is 10.4 Å². The Morgan fingerprint density at radius 2 is 1.33 bits per heavy atom. The number of hydrogen-bond acceptors (Lipinski definition) is 3. The van der Waals surface area contributed by atoms with Crippen molar-refractivity contribution in [3.05, 3.63) is 120 Å². The van der Waals surface area contributed by atoms with Gasteiger partial charge in [-0.3, -0.25) is 0 Å². The standard InChI is InChI=1S/C32H21NO3/c1-35-23-13-15-24-26-14-11-21(18-31(26)36-32(34)28(24)19-23)20-12-16-30-27(17-20)25-9-5-6-10-29(25)33(30)22-7-3-2-4-8-22/h2-19H,1H3. The number of fused-ring (bicyclic) bond motifs is 6. The third kappa shape index (κ3) is 3.05. The van der Waals surface area contributed by atoms with Gasteiger partial charge in [0.1, 0.15) is 11.3 Å². The Balaban J connectivity index is 1.44. The maximum Gasteiger partial charge on any atom is 0.344 e. The first kappa shape index (κ1) is 20.5. The lowest BCUT2D eigenvalue weighted by Crippen LogP contribution is -2.00. The highest BCUT2D eigenvalue weighted by Crippen LogP contribution is 2.36. The normalized spacial score (nSPS) is 11.6. The third-order valence-electron chi connectivity index (χ3n) is 6.94. The molecule has 7 rings (SSSR count). The van der Waals surface area contributed by atoms with E-state index in [0.717, 1.165) is 33.1 Å². The van der Waals surface area contributed by atoms with E-state index in [2.05, 4.69) is 77.4 Å². The summed E-state index contributed by atoms with van der Waals surface area (Å²) in [6, 6.07) is 37.0. The average molecular weight is 468 g/mol. The van der Waals surface area contributed by atoms with Crippen molar-refractivity contribution >= 4 is 43.5 Å². The molecule has 0 radical (unpaired) electrons. The molecule has 0 aliphatic carbocycles. The summed E-state index contributed by atoms with van der Waals surface area (Å²) < 4.78 is 13.3. The van der Waals surface area contributed by atoms with Crippen LogP contribution in [0.3, 0.4) is 0 Å². The van der Waals surface area contributed by atoms with E-state index in [1.54, 1.807) is 13.2 Å². The zero-order valence-corrected chi connectivity index (χ0v) is 19.6. The van der Waals surface area contributed by atoms with Crippen molar-refractivity contribution in [2.24, 2.45) is 0 Å². The SMILES string of the molecule is COc1ccc2c(c1)c(=O)oc1cc(-c3ccc4c(c3)c3ccccc3n4-c3ccccc3)ccc12. The zero-order valence-electron chi connectivity index (χ0n) is 19.6. The molecule has 0 amide bonds. The maximum atomic E-state index is 12.7. The van der Waals surface area contributed by atoms with E-state index in [1.165, 1.54) is 16.3 Å². The number of hydrogen-bond donors (Lipinski definition) is 0. The quantitative estimate of drug-likeness (QED) is 0.197. The number of nitrogens with zero attached hydrogens (tertiary/aromatic N) is 1. The van der Waals surface area contributed by atoms with Crippen LogP contribution in [0.25, 0.3) is 60.4 Å². The molecular formula is C32H21NO3. The van der Waals surface area contributed by atoms with Crippen molar-refractivity contribution in [3.8, 4) is 22.6 Å². The van der Waals surface area contributed by atoms with Crippen molar-refractivity contribution in [3.63, 3.8) is 0 Å². The number of aromatic nitrogens is 1. The van der Waals surface area contributed by atoms with Crippen LogP contribution in [-0.2, 0) is 0 Å². The molecule has 0 spiro atoms. The highest BCUT2D eigenvalue weighted by molar-refractivity contribution is 6.11. The van der Waals surface area contributed by atoms with Gasteiger partial charge in [0.2, 0.25) is 0 Å². The van der Waals surface area contributed by atoms with Crippen LogP contribution >= 0.6 is 0 Å². The summed E-state index contributed by atoms with van der Waals surface area (Å²) in [4.78, 5) is 12.7. The van der Waals surface area contributed by atoms with Gasteiger partial charge in [0.25, 0.3) is 0 Å². The van der Waals surface area contributed by atoms with E-state index < -0.39 is 0 Å². The first-order chi connectivity index (χ1) is 17.7. The Morgan fingerprint density at radius 3 is 2.19 bits per heavy atom. The van der Waals surface area contributed by atoms with E-state index in [1.807, 2.05) is 30.3 Å². The minimum absolute atomic E-state index is 0.366. The van der Waals surface area contributed by atoms with Crippen molar-refractivity contribution in [2.75, 3.05) is 7.11 Å². The minimum atomic E-state index is -0.366. The van der Waals surface area contributed by atoms with Gasteiger partial charge in [-0.2, -0.15) is 0 Å². The summed E-state index contributed by atoms with van der Waals surface area (Å²) in [6.07, 6.45) is 0. The Bertz CT molecular complexity index is 2000. The van der Waals surface area contributed by atoms with Crippen LogP contribution in [0, 0.1) is 0 Å². The van der Waals surface area contributed by atoms with Gasteiger partial charge in [-0.15, -0.1) is 0 Å². The highest BCUT2D eigenvalue weighted by Gasteiger charge is 2.14. The summed E-state index contributed by atoms with van der Waals surface area (Å²) in [7, 11) is 1.59. The van der Waals surface area contributed by atoms with Gasteiger partial charge in [-0.25, -0.2) is 4.79 Å². The third-order valence-corrected chi connectivity index (χ3v) is 6.94. The molecule has 36 heavy (non-hydrogen) atoms. The largest absolute Gasteiger partial charge is 0.497 e. The second kappa shape index (κ2) is 7.85. The van der Waals surface area contributed by atoms with Crippen LogP contribution in [0.1, 0.15) is 0 Å². The molecule has 0 aliphatic rings. The van der Waals surface area contributed by atoms with Crippen molar-refractivity contribution < 1.29 is 9.15 Å². The monoisotopic (exact) mass is 467 g/mol. The van der Waals surface area contributed by atoms with Crippen LogP contribution in [0.2, 0.25) is 0 Å². The predicted octanol–water partition coefficient (Wildman–Crippen LogP) is 7.72. The van der Waals surface area contributed by atoms with E-state index in [4.69, 9.17) is 9.15 Å². The first-order valence-corrected chi connectivity index (χ1v) is 11.8. The first-order valence-electron chi connectivity index (χ1n) is 11.8. The molecule has 2 heterocycles. The molecule has 4 heteroatoms. The van der Waals surface area contributed by atoms with Gasteiger partial charge in [0.15, 0.2) is 0 Å². The van der Waals surface area contributed by atoms with Crippen LogP contribution in [0.5, 0.6) is 5.75 Å². The van der Waals surface area contributed by atoms with E-state index >= 15 is 0 Å². The van der Waals surface area contributed by atoms with Crippen molar-refractivity contribution in [2.45, 2.75) is 0 Å². The predicted molar refractivity (Wildman–Crippen MR) is 146 cm³/mol. The fourth-order valence-corrected chi connectivity index (χ4v) is 5.23. The van der Waals surface area contributed by atoms with Gasteiger partial charge in [0, 0.05) is 27.2 Å². The molecule has 7 aromatic rings. The number of para-hydroxylation sites is 2. The van der Waals surface area contributed by atoms with Gasteiger partial charge in [-0.1, -0.05) is 48.5 Å². The number of benzene rings is 5. The molecule has 2 aromatic heterocycles. The number of ether oxygens (including phenoxy) is 1.